The highest BCUT2D eigenvalue weighted by atomic mass is 16.1. The van der Waals surface area contributed by atoms with Crippen molar-refractivity contribution in [3.8, 4) is 5.69 Å². The second-order valence-electron chi connectivity index (χ2n) is 9.04. The van der Waals surface area contributed by atoms with Gasteiger partial charge in [0, 0.05) is 40.0 Å². The molecule has 2 atom stereocenters. The number of Topliss-reactive ketones (excluding diaryl/α,β-unsaturated/α-hetero) is 2. The lowest BCUT2D eigenvalue weighted by atomic mass is 9.72. The van der Waals surface area contributed by atoms with E-state index >= 15 is 0 Å². The SMILES string of the molecule is Cc1cc(C)cc(-n2c(C)cc(C=NC3=C[C@@H]4C(=O)c5ccccc5C(=O)[C@H]4C=C3)c2C)c1. The van der Waals surface area contributed by atoms with Gasteiger partial charge in [-0.2, -0.15) is 0 Å². The molecule has 0 fully saturated rings. The average Bonchev–Trinajstić information content (AvgIpc) is 3.08. The summed E-state index contributed by atoms with van der Waals surface area (Å²) in [7, 11) is 0. The summed E-state index contributed by atoms with van der Waals surface area (Å²) in [5.74, 6) is -0.948. The Kier molecular flexibility index (Phi) is 5.09. The van der Waals surface area contributed by atoms with Crippen LogP contribution in [0.5, 0.6) is 0 Å². The summed E-state index contributed by atoms with van der Waals surface area (Å²) in [5, 5.41) is 0. The van der Waals surface area contributed by atoms with Crippen LogP contribution in [0.4, 0.5) is 0 Å². The number of ketones is 2. The molecule has 4 nitrogen and oxygen atoms in total. The van der Waals surface area contributed by atoms with Gasteiger partial charge in [-0.25, -0.2) is 0 Å². The van der Waals surface area contributed by atoms with Crippen molar-refractivity contribution in [3.63, 3.8) is 0 Å². The highest BCUT2D eigenvalue weighted by Gasteiger charge is 2.40. The zero-order valence-corrected chi connectivity index (χ0v) is 19.3. The molecule has 0 saturated carbocycles. The van der Waals surface area contributed by atoms with E-state index in [0.29, 0.717) is 16.8 Å². The van der Waals surface area contributed by atoms with Crippen LogP contribution >= 0.6 is 0 Å². The standard InChI is InChI=1S/C29H26N2O2/c1-17-11-18(2)13-23(12-17)31-19(3)14-21(20(31)4)16-30-22-9-10-26-27(15-22)29(33)25-8-6-5-7-24(25)28(26)32/h5-16,26-27H,1-4H3/t26-,27-/m0/s1. The van der Waals surface area contributed by atoms with Gasteiger partial charge in [0.25, 0.3) is 0 Å². The number of aryl methyl sites for hydroxylation is 3. The van der Waals surface area contributed by atoms with Crippen LogP contribution in [0.15, 0.2) is 77.4 Å². The van der Waals surface area contributed by atoms with Crippen LogP contribution < -0.4 is 0 Å². The molecule has 0 bridgehead atoms. The molecule has 0 saturated heterocycles. The van der Waals surface area contributed by atoms with Crippen molar-refractivity contribution in [2.45, 2.75) is 27.7 Å². The van der Waals surface area contributed by atoms with Gasteiger partial charge in [-0.15, -0.1) is 0 Å². The van der Waals surface area contributed by atoms with Gasteiger partial charge in [0.15, 0.2) is 11.6 Å². The van der Waals surface area contributed by atoms with Crippen molar-refractivity contribution in [2.24, 2.45) is 16.8 Å². The number of allylic oxidation sites excluding steroid dienone is 3. The quantitative estimate of drug-likeness (QED) is 0.482. The van der Waals surface area contributed by atoms with E-state index in [4.69, 9.17) is 0 Å². The van der Waals surface area contributed by atoms with E-state index in [-0.39, 0.29) is 11.6 Å². The fourth-order valence-corrected chi connectivity index (χ4v) is 5.05. The Labute approximate surface area is 194 Å². The van der Waals surface area contributed by atoms with E-state index < -0.39 is 11.8 Å². The number of nitrogens with zero attached hydrogens (tertiary/aromatic N) is 2. The number of carbonyl (C=O) groups excluding carboxylic acids is 2. The number of carbonyl (C=O) groups is 2. The Hall–Kier alpha value is -3.79. The van der Waals surface area contributed by atoms with Gasteiger partial charge in [0.2, 0.25) is 0 Å². The Bertz CT molecular complexity index is 1380. The Balaban J connectivity index is 1.46. The molecule has 0 unspecified atom stereocenters. The van der Waals surface area contributed by atoms with Crippen molar-refractivity contribution >= 4 is 17.8 Å². The molecule has 0 radical (unpaired) electrons. The predicted molar refractivity (Wildman–Crippen MR) is 132 cm³/mol. The van der Waals surface area contributed by atoms with Crippen molar-refractivity contribution < 1.29 is 9.59 Å². The minimum absolute atomic E-state index is 0.00252. The first-order valence-corrected chi connectivity index (χ1v) is 11.2. The molecule has 0 spiro atoms. The second kappa shape index (κ2) is 7.96. The molecule has 164 valence electrons. The smallest absolute Gasteiger partial charge is 0.171 e. The maximum absolute atomic E-state index is 13.0. The van der Waals surface area contributed by atoms with Gasteiger partial charge >= 0.3 is 0 Å². The van der Waals surface area contributed by atoms with E-state index in [1.807, 2.05) is 24.4 Å². The fraction of sp³-hybridized carbons (Fsp3) is 0.207. The lowest BCUT2D eigenvalue weighted by Gasteiger charge is -2.28. The zero-order valence-electron chi connectivity index (χ0n) is 19.3. The molecule has 3 aromatic rings. The van der Waals surface area contributed by atoms with Gasteiger partial charge in [0.1, 0.15) is 0 Å². The van der Waals surface area contributed by atoms with E-state index in [1.54, 1.807) is 24.3 Å². The Morgan fingerprint density at radius 3 is 2.15 bits per heavy atom. The largest absolute Gasteiger partial charge is 0.318 e. The molecule has 0 N–H and O–H groups in total. The third-order valence-electron chi connectivity index (χ3n) is 6.56. The fourth-order valence-electron chi connectivity index (χ4n) is 5.05. The van der Waals surface area contributed by atoms with E-state index in [2.05, 4.69) is 61.5 Å². The van der Waals surface area contributed by atoms with Gasteiger partial charge in [-0.1, -0.05) is 36.4 Å². The van der Waals surface area contributed by atoms with Crippen LogP contribution in [0.2, 0.25) is 0 Å². The van der Waals surface area contributed by atoms with Crippen molar-refractivity contribution in [3.05, 3.63) is 112 Å². The van der Waals surface area contributed by atoms with Crippen LogP contribution in [0.1, 0.15) is 48.8 Å². The topological polar surface area (TPSA) is 51.4 Å². The molecular formula is C29H26N2O2. The highest BCUT2D eigenvalue weighted by Crippen LogP contribution is 2.35. The third kappa shape index (κ3) is 3.62. The molecule has 33 heavy (non-hydrogen) atoms. The molecule has 1 aromatic heterocycles. The number of fused-ring (bicyclic) bond motifs is 2. The average molecular weight is 435 g/mol. The minimum atomic E-state index is -0.493. The molecule has 4 heteroatoms. The van der Waals surface area contributed by atoms with Gasteiger partial charge in [-0.3, -0.25) is 14.6 Å². The van der Waals surface area contributed by atoms with E-state index in [0.717, 1.165) is 22.6 Å². The Morgan fingerprint density at radius 1 is 0.848 bits per heavy atom. The molecule has 2 aromatic carbocycles. The van der Waals surface area contributed by atoms with Crippen molar-refractivity contribution in [1.82, 2.24) is 4.57 Å². The summed E-state index contributed by atoms with van der Waals surface area (Å²) in [6.45, 7) is 8.40. The summed E-state index contributed by atoms with van der Waals surface area (Å²) in [6.07, 6.45) is 7.35. The molecule has 1 heterocycles. The number of aromatic nitrogens is 1. The highest BCUT2D eigenvalue weighted by molar-refractivity contribution is 6.17. The first kappa shape index (κ1) is 21.1. The van der Waals surface area contributed by atoms with Crippen LogP contribution in [0.25, 0.3) is 5.69 Å². The number of rotatable bonds is 3. The number of hydrogen-bond acceptors (Lipinski definition) is 3. The summed E-state index contributed by atoms with van der Waals surface area (Å²) in [5.41, 5.74) is 8.61. The van der Waals surface area contributed by atoms with E-state index in [9.17, 15) is 9.59 Å². The number of benzene rings is 2. The lowest BCUT2D eigenvalue weighted by molar-refractivity contribution is 0.0801. The molecule has 0 amide bonds. The van der Waals surface area contributed by atoms with Crippen molar-refractivity contribution in [1.29, 1.82) is 0 Å². The zero-order chi connectivity index (χ0) is 23.3. The maximum atomic E-state index is 13.0. The van der Waals surface area contributed by atoms with Gasteiger partial charge in [-0.05, 0) is 69.2 Å². The van der Waals surface area contributed by atoms with Crippen LogP contribution in [-0.2, 0) is 0 Å². The number of hydrogen-bond donors (Lipinski definition) is 0. The van der Waals surface area contributed by atoms with E-state index in [1.165, 1.54) is 11.1 Å². The van der Waals surface area contributed by atoms with Crippen molar-refractivity contribution in [2.75, 3.05) is 0 Å². The lowest BCUT2D eigenvalue weighted by Crippen LogP contribution is -2.35. The summed E-state index contributed by atoms with van der Waals surface area (Å²) >= 11 is 0. The molecule has 2 aliphatic rings. The van der Waals surface area contributed by atoms with Gasteiger partial charge in [0.05, 0.1) is 17.5 Å². The summed E-state index contributed by atoms with van der Waals surface area (Å²) in [6, 6.07) is 15.7. The molecule has 5 rings (SSSR count). The van der Waals surface area contributed by atoms with Gasteiger partial charge < -0.3 is 4.57 Å². The first-order valence-electron chi connectivity index (χ1n) is 11.2. The summed E-state index contributed by atoms with van der Waals surface area (Å²) in [4.78, 5) is 30.6. The normalized spacial score (nSPS) is 19.6. The van der Waals surface area contributed by atoms with Crippen LogP contribution in [0, 0.1) is 39.5 Å². The number of aliphatic imine (C=N–C) groups is 1. The first-order chi connectivity index (χ1) is 15.8. The molecular weight excluding hydrogens is 408 g/mol. The monoisotopic (exact) mass is 434 g/mol. The van der Waals surface area contributed by atoms with Crippen LogP contribution in [-0.4, -0.2) is 22.3 Å². The van der Waals surface area contributed by atoms with Crippen LogP contribution in [0.3, 0.4) is 0 Å². The summed E-state index contributed by atoms with van der Waals surface area (Å²) < 4.78 is 2.24. The molecule has 0 aliphatic heterocycles. The minimum Gasteiger partial charge on any atom is -0.318 e. The molecule has 2 aliphatic carbocycles. The third-order valence-corrected chi connectivity index (χ3v) is 6.56. The predicted octanol–water partition coefficient (Wildman–Crippen LogP) is 5.90. The Morgan fingerprint density at radius 2 is 1.48 bits per heavy atom. The second-order valence-corrected chi connectivity index (χ2v) is 9.04. The maximum Gasteiger partial charge on any atom is 0.171 e.